The minimum Gasteiger partial charge on any atom is -0.323 e. The Labute approximate surface area is 156 Å². The zero-order valence-corrected chi connectivity index (χ0v) is 14.5. The largest absolute Gasteiger partial charge is 0.323 e. The van der Waals surface area contributed by atoms with E-state index in [0.717, 1.165) is 39.1 Å². The Morgan fingerprint density at radius 3 is 2.52 bits per heavy atom. The molecule has 4 nitrogen and oxygen atoms in total. The normalized spacial score (nSPS) is 12.9. The van der Waals surface area contributed by atoms with Gasteiger partial charge in [0, 0.05) is 24.1 Å². The molecule has 0 saturated carbocycles. The van der Waals surface area contributed by atoms with Crippen LogP contribution >= 0.6 is 0 Å². The van der Waals surface area contributed by atoms with Gasteiger partial charge in [-0.05, 0) is 41.5 Å². The van der Waals surface area contributed by atoms with Crippen LogP contribution in [0.15, 0.2) is 66.7 Å². The zero-order chi connectivity index (χ0) is 18.4. The van der Waals surface area contributed by atoms with Gasteiger partial charge in [-0.15, -0.1) is 0 Å². The first-order chi connectivity index (χ1) is 13.2. The predicted molar refractivity (Wildman–Crippen MR) is 104 cm³/mol. The number of nitriles is 1. The Hall–Kier alpha value is -3.71. The number of imidazole rings is 1. The molecule has 4 heteroatoms. The van der Waals surface area contributed by atoms with Crippen molar-refractivity contribution in [2.75, 3.05) is 0 Å². The highest BCUT2D eigenvalue weighted by molar-refractivity contribution is 6.08. The summed E-state index contributed by atoms with van der Waals surface area (Å²) in [5.41, 5.74) is 6.23. The second kappa shape index (κ2) is 5.93. The number of hydrogen-bond donors (Lipinski definition) is 0. The van der Waals surface area contributed by atoms with E-state index in [9.17, 15) is 4.79 Å². The molecular formula is C23H15N3O. The van der Waals surface area contributed by atoms with Gasteiger partial charge in [0.15, 0.2) is 5.78 Å². The summed E-state index contributed by atoms with van der Waals surface area (Å²) in [6.45, 7) is 0.649. The predicted octanol–water partition coefficient (Wildman–Crippen LogP) is 4.83. The van der Waals surface area contributed by atoms with Gasteiger partial charge in [-0.1, -0.05) is 36.4 Å². The highest BCUT2D eigenvalue weighted by Gasteiger charge is 2.23. The monoisotopic (exact) mass is 349 g/mol. The number of para-hydroxylation sites is 1. The number of Topliss-reactive ketones (excluding diaryl/α,β-unsaturated/α-hetero) is 1. The van der Waals surface area contributed by atoms with E-state index in [1.807, 2.05) is 54.6 Å². The van der Waals surface area contributed by atoms with Gasteiger partial charge < -0.3 is 4.57 Å². The van der Waals surface area contributed by atoms with Crippen molar-refractivity contribution in [3.8, 4) is 28.6 Å². The molecule has 0 N–H and O–H groups in total. The number of carbonyl (C=O) groups is 1. The molecule has 0 radical (unpaired) electrons. The molecule has 0 amide bonds. The molecule has 128 valence electrons. The van der Waals surface area contributed by atoms with Crippen molar-refractivity contribution in [3.63, 3.8) is 0 Å². The summed E-state index contributed by atoms with van der Waals surface area (Å²) < 4.78 is 2.15. The lowest BCUT2D eigenvalue weighted by Gasteiger charge is -2.16. The van der Waals surface area contributed by atoms with Crippen LogP contribution in [0.25, 0.3) is 33.5 Å². The van der Waals surface area contributed by atoms with Gasteiger partial charge >= 0.3 is 0 Å². The SMILES string of the molecule is N#Cc1cccc(-c2cccc(-c3nc4cccc5c4n3CCC5=O)c2)c1. The fraction of sp³-hybridized carbons (Fsp3) is 0.0870. The van der Waals surface area contributed by atoms with Crippen LogP contribution in [-0.4, -0.2) is 15.3 Å². The molecule has 2 heterocycles. The molecule has 1 aromatic heterocycles. The topological polar surface area (TPSA) is 58.7 Å². The Bertz CT molecular complexity index is 1260. The number of aromatic nitrogens is 2. The average molecular weight is 349 g/mol. The standard InChI is InChI=1S/C23H15N3O/c24-14-15-4-1-5-16(12-15)17-6-2-7-18(13-17)23-25-20-9-3-8-19-21(27)10-11-26(23)22(19)20/h1-9,12-13H,10-11H2. The molecule has 0 unspecified atom stereocenters. The van der Waals surface area contributed by atoms with E-state index in [1.165, 1.54) is 0 Å². The highest BCUT2D eigenvalue weighted by Crippen LogP contribution is 2.33. The Kier molecular flexibility index (Phi) is 3.41. The summed E-state index contributed by atoms with van der Waals surface area (Å²) in [6, 6.07) is 23.7. The minimum atomic E-state index is 0.182. The van der Waals surface area contributed by atoms with Crippen LogP contribution in [0, 0.1) is 11.3 Å². The van der Waals surface area contributed by atoms with E-state index >= 15 is 0 Å². The van der Waals surface area contributed by atoms with Gasteiger partial charge in [-0.3, -0.25) is 4.79 Å². The molecule has 5 rings (SSSR count). The second-order valence-corrected chi connectivity index (χ2v) is 6.71. The third-order valence-corrected chi connectivity index (χ3v) is 5.08. The lowest BCUT2D eigenvalue weighted by atomic mass is 10.0. The first kappa shape index (κ1) is 15.5. The lowest BCUT2D eigenvalue weighted by Crippen LogP contribution is -2.14. The van der Waals surface area contributed by atoms with Crippen molar-refractivity contribution >= 4 is 16.8 Å². The third kappa shape index (κ3) is 2.44. The fourth-order valence-electron chi connectivity index (χ4n) is 3.80. The van der Waals surface area contributed by atoms with Crippen molar-refractivity contribution in [1.29, 1.82) is 5.26 Å². The maximum absolute atomic E-state index is 12.2. The van der Waals surface area contributed by atoms with Crippen LogP contribution in [0.5, 0.6) is 0 Å². The van der Waals surface area contributed by atoms with E-state index in [0.29, 0.717) is 18.5 Å². The number of aryl methyl sites for hydroxylation is 1. The lowest BCUT2D eigenvalue weighted by molar-refractivity contribution is 0.0973. The number of rotatable bonds is 2. The molecule has 0 spiro atoms. The van der Waals surface area contributed by atoms with Crippen molar-refractivity contribution in [2.45, 2.75) is 13.0 Å². The summed E-state index contributed by atoms with van der Waals surface area (Å²) in [5.74, 6) is 1.06. The minimum absolute atomic E-state index is 0.182. The molecule has 1 aliphatic rings. The number of hydrogen-bond acceptors (Lipinski definition) is 3. The van der Waals surface area contributed by atoms with E-state index in [-0.39, 0.29) is 5.78 Å². The first-order valence-corrected chi connectivity index (χ1v) is 8.88. The maximum Gasteiger partial charge on any atom is 0.166 e. The molecule has 27 heavy (non-hydrogen) atoms. The molecule has 4 aromatic rings. The third-order valence-electron chi connectivity index (χ3n) is 5.08. The molecule has 0 bridgehead atoms. The summed E-state index contributed by atoms with van der Waals surface area (Å²) in [7, 11) is 0. The fourth-order valence-corrected chi connectivity index (χ4v) is 3.80. The van der Waals surface area contributed by atoms with Crippen LogP contribution in [0.2, 0.25) is 0 Å². The average Bonchev–Trinajstić information content (AvgIpc) is 3.11. The number of nitrogens with zero attached hydrogens (tertiary/aromatic N) is 3. The van der Waals surface area contributed by atoms with Gasteiger partial charge in [0.05, 0.1) is 22.7 Å². The van der Waals surface area contributed by atoms with Crippen LogP contribution in [0.1, 0.15) is 22.3 Å². The zero-order valence-electron chi connectivity index (χ0n) is 14.5. The van der Waals surface area contributed by atoms with E-state index in [2.05, 4.69) is 16.7 Å². The van der Waals surface area contributed by atoms with Gasteiger partial charge in [0.25, 0.3) is 0 Å². The van der Waals surface area contributed by atoms with Crippen LogP contribution < -0.4 is 0 Å². The van der Waals surface area contributed by atoms with Crippen molar-refractivity contribution in [1.82, 2.24) is 9.55 Å². The van der Waals surface area contributed by atoms with E-state index in [1.54, 1.807) is 6.07 Å². The van der Waals surface area contributed by atoms with Crippen LogP contribution in [0.3, 0.4) is 0 Å². The molecule has 3 aromatic carbocycles. The molecule has 1 aliphatic heterocycles. The van der Waals surface area contributed by atoms with E-state index < -0.39 is 0 Å². The smallest absolute Gasteiger partial charge is 0.166 e. The van der Waals surface area contributed by atoms with Crippen LogP contribution in [0.4, 0.5) is 0 Å². The van der Waals surface area contributed by atoms with Gasteiger partial charge in [-0.25, -0.2) is 4.98 Å². The summed E-state index contributed by atoms with van der Waals surface area (Å²) in [4.78, 5) is 17.1. The van der Waals surface area contributed by atoms with Crippen molar-refractivity contribution < 1.29 is 4.79 Å². The highest BCUT2D eigenvalue weighted by atomic mass is 16.1. The Morgan fingerprint density at radius 2 is 1.67 bits per heavy atom. The van der Waals surface area contributed by atoms with Crippen LogP contribution in [-0.2, 0) is 6.54 Å². The van der Waals surface area contributed by atoms with E-state index in [4.69, 9.17) is 10.2 Å². The molecule has 0 atom stereocenters. The summed E-state index contributed by atoms with van der Waals surface area (Å²) >= 11 is 0. The summed E-state index contributed by atoms with van der Waals surface area (Å²) in [5, 5.41) is 9.15. The molecule has 0 saturated heterocycles. The van der Waals surface area contributed by atoms with Gasteiger partial charge in [0.2, 0.25) is 0 Å². The molecular weight excluding hydrogens is 334 g/mol. The Balaban J connectivity index is 1.69. The molecule has 0 aliphatic carbocycles. The second-order valence-electron chi connectivity index (χ2n) is 6.71. The quantitative estimate of drug-likeness (QED) is 0.521. The first-order valence-electron chi connectivity index (χ1n) is 8.88. The number of ketones is 1. The Morgan fingerprint density at radius 1 is 0.926 bits per heavy atom. The number of benzene rings is 3. The van der Waals surface area contributed by atoms with Gasteiger partial charge in [0.1, 0.15) is 5.82 Å². The maximum atomic E-state index is 12.2. The van der Waals surface area contributed by atoms with Gasteiger partial charge in [-0.2, -0.15) is 5.26 Å². The molecule has 0 fully saturated rings. The van der Waals surface area contributed by atoms with Crippen molar-refractivity contribution in [3.05, 3.63) is 77.9 Å². The number of carbonyl (C=O) groups excluding carboxylic acids is 1. The summed E-state index contributed by atoms with van der Waals surface area (Å²) in [6.07, 6.45) is 0.499. The van der Waals surface area contributed by atoms with Crippen molar-refractivity contribution in [2.24, 2.45) is 0 Å².